The van der Waals surface area contributed by atoms with Gasteiger partial charge in [0.15, 0.2) is 0 Å². The zero-order chi connectivity index (χ0) is 22.2. The summed E-state index contributed by atoms with van der Waals surface area (Å²) in [6.07, 6.45) is -4.21. The van der Waals surface area contributed by atoms with Crippen LogP contribution in [0.2, 0.25) is 0 Å². The van der Waals surface area contributed by atoms with Crippen LogP contribution in [0.4, 0.5) is 19.0 Å². The van der Waals surface area contributed by atoms with Gasteiger partial charge in [0.25, 0.3) is 0 Å². The lowest BCUT2D eigenvalue weighted by Gasteiger charge is -2.24. The minimum Gasteiger partial charge on any atom is -0.355 e. The molecule has 3 aromatic rings. The zero-order valence-electron chi connectivity index (χ0n) is 16.8. The summed E-state index contributed by atoms with van der Waals surface area (Å²) in [6, 6.07) is 13.2. The molecule has 1 saturated heterocycles. The quantitative estimate of drug-likeness (QED) is 0.606. The maximum absolute atomic E-state index is 13.3. The first-order valence-electron chi connectivity index (χ1n) is 9.82. The molecule has 0 saturated carbocycles. The van der Waals surface area contributed by atoms with Crippen molar-refractivity contribution >= 4 is 26.7 Å². The van der Waals surface area contributed by atoms with Crippen LogP contribution in [0.3, 0.4) is 0 Å². The van der Waals surface area contributed by atoms with Gasteiger partial charge in [-0.2, -0.15) is 17.5 Å². The number of halogens is 3. The normalized spacial score (nSPS) is 16.5. The molecule has 31 heavy (non-hydrogen) atoms. The number of rotatable bonds is 3. The summed E-state index contributed by atoms with van der Waals surface area (Å²) in [5, 5.41) is 0.505. The van der Waals surface area contributed by atoms with Gasteiger partial charge >= 0.3 is 6.18 Å². The summed E-state index contributed by atoms with van der Waals surface area (Å²) >= 11 is 0. The highest BCUT2D eigenvalue weighted by atomic mass is 32.2. The van der Waals surface area contributed by atoms with Crippen LogP contribution >= 0.6 is 0 Å². The highest BCUT2D eigenvalue weighted by Crippen LogP contribution is 2.32. The highest BCUT2D eigenvalue weighted by Gasteiger charge is 2.36. The van der Waals surface area contributed by atoms with Gasteiger partial charge in [0.2, 0.25) is 15.8 Å². The predicted molar refractivity (Wildman–Crippen MR) is 111 cm³/mol. The third-order valence-corrected chi connectivity index (χ3v) is 7.16. The van der Waals surface area contributed by atoms with Crippen molar-refractivity contribution in [1.82, 2.24) is 14.3 Å². The van der Waals surface area contributed by atoms with Crippen molar-refractivity contribution < 1.29 is 21.6 Å². The van der Waals surface area contributed by atoms with E-state index < -0.39 is 22.0 Å². The van der Waals surface area contributed by atoms with Gasteiger partial charge in [0.05, 0.1) is 10.4 Å². The van der Waals surface area contributed by atoms with Crippen molar-refractivity contribution in [2.45, 2.75) is 24.4 Å². The van der Waals surface area contributed by atoms with Gasteiger partial charge in [-0.3, -0.25) is 0 Å². The Morgan fingerprint density at radius 3 is 2.32 bits per heavy atom. The topological polar surface area (TPSA) is 66.4 Å². The van der Waals surface area contributed by atoms with Crippen molar-refractivity contribution in [3.63, 3.8) is 0 Å². The third-order valence-electron chi connectivity index (χ3n) is 5.25. The standard InChI is InChI=1S/C21H21F3N4O2S/c1-15-7-9-16(10-8-15)31(29,30)28-12-4-11-27(13-14-28)19-17-5-2-3-6-18(17)25-20(26-19)21(22,23)24/h2-3,5-10H,4,11-14H2,1H3. The molecule has 0 N–H and O–H groups in total. The van der Waals surface area contributed by atoms with Gasteiger partial charge in [-0.15, -0.1) is 0 Å². The number of alkyl halides is 3. The van der Waals surface area contributed by atoms with Crippen LogP contribution in [0.1, 0.15) is 17.8 Å². The number of aryl methyl sites for hydroxylation is 1. The summed E-state index contributed by atoms with van der Waals surface area (Å²) < 4.78 is 67.5. The van der Waals surface area contributed by atoms with E-state index in [4.69, 9.17) is 0 Å². The fourth-order valence-electron chi connectivity index (χ4n) is 3.63. The van der Waals surface area contributed by atoms with Crippen molar-refractivity contribution in [2.24, 2.45) is 0 Å². The molecule has 0 unspecified atom stereocenters. The van der Waals surface area contributed by atoms with Gasteiger partial charge in [-0.05, 0) is 37.6 Å². The van der Waals surface area contributed by atoms with Crippen LogP contribution in [0.15, 0.2) is 53.4 Å². The zero-order valence-corrected chi connectivity index (χ0v) is 17.6. The summed E-state index contributed by atoms with van der Waals surface area (Å²) in [7, 11) is -3.69. The molecule has 1 aliphatic heterocycles. The Morgan fingerprint density at radius 2 is 1.61 bits per heavy atom. The first-order chi connectivity index (χ1) is 14.7. The first kappa shape index (κ1) is 21.5. The molecule has 164 valence electrons. The largest absolute Gasteiger partial charge is 0.451 e. The molecule has 0 amide bonds. The second-order valence-electron chi connectivity index (χ2n) is 7.44. The molecular weight excluding hydrogens is 429 g/mol. The lowest BCUT2D eigenvalue weighted by molar-refractivity contribution is -0.144. The average Bonchev–Trinajstić information content (AvgIpc) is 2.99. The average molecular weight is 450 g/mol. The van der Waals surface area contributed by atoms with Crippen LogP contribution in [-0.2, 0) is 16.2 Å². The molecule has 6 nitrogen and oxygen atoms in total. The van der Waals surface area contributed by atoms with Crippen LogP contribution in [0.25, 0.3) is 10.9 Å². The van der Waals surface area contributed by atoms with Crippen LogP contribution < -0.4 is 4.90 Å². The van der Waals surface area contributed by atoms with E-state index in [1.807, 2.05) is 6.92 Å². The van der Waals surface area contributed by atoms with E-state index in [2.05, 4.69) is 9.97 Å². The number of aromatic nitrogens is 2. The second kappa shape index (κ2) is 8.08. The minimum atomic E-state index is -4.68. The molecule has 1 aromatic heterocycles. The second-order valence-corrected chi connectivity index (χ2v) is 9.38. The maximum atomic E-state index is 13.3. The first-order valence-corrected chi connectivity index (χ1v) is 11.3. The molecule has 2 heterocycles. The summed E-state index contributed by atoms with van der Waals surface area (Å²) in [5.74, 6) is -1.03. The molecule has 0 atom stereocenters. The van der Waals surface area contributed by atoms with Gasteiger partial charge in [-0.25, -0.2) is 18.4 Å². The summed E-state index contributed by atoms with van der Waals surface area (Å²) in [6.45, 7) is 2.92. The number of benzene rings is 2. The fourth-order valence-corrected chi connectivity index (χ4v) is 5.10. The number of anilines is 1. The van der Waals surface area contributed by atoms with Crippen molar-refractivity contribution in [3.8, 4) is 0 Å². The van der Waals surface area contributed by atoms with Crippen molar-refractivity contribution in [3.05, 3.63) is 59.9 Å². The molecule has 4 rings (SSSR count). The molecule has 0 aliphatic carbocycles. The number of para-hydroxylation sites is 1. The SMILES string of the molecule is Cc1ccc(S(=O)(=O)N2CCCN(c3nc(C(F)(F)F)nc4ccccc34)CC2)cc1. The van der Waals surface area contributed by atoms with Crippen LogP contribution in [0, 0.1) is 6.92 Å². The fraction of sp³-hybridized carbons (Fsp3) is 0.333. The minimum absolute atomic E-state index is 0.149. The number of hydrogen-bond donors (Lipinski definition) is 0. The van der Waals surface area contributed by atoms with Gasteiger partial charge < -0.3 is 4.90 Å². The van der Waals surface area contributed by atoms with E-state index in [-0.39, 0.29) is 35.9 Å². The van der Waals surface area contributed by atoms with E-state index in [1.54, 1.807) is 47.4 Å². The number of hydrogen-bond acceptors (Lipinski definition) is 5. The van der Waals surface area contributed by atoms with Gasteiger partial charge in [0.1, 0.15) is 5.82 Å². The van der Waals surface area contributed by atoms with Crippen LogP contribution in [0.5, 0.6) is 0 Å². The molecule has 1 aliphatic rings. The van der Waals surface area contributed by atoms with Crippen LogP contribution in [-0.4, -0.2) is 48.9 Å². The Hall–Kier alpha value is -2.72. The summed E-state index contributed by atoms with van der Waals surface area (Å²) in [4.78, 5) is 9.39. The lowest BCUT2D eigenvalue weighted by atomic mass is 10.2. The molecule has 0 spiro atoms. The Bertz CT molecular complexity index is 1200. The predicted octanol–water partition coefficient (Wildman–Crippen LogP) is 3.86. The number of nitrogens with zero attached hydrogens (tertiary/aromatic N) is 4. The van der Waals surface area contributed by atoms with E-state index in [0.717, 1.165) is 5.56 Å². The molecule has 10 heteroatoms. The molecular formula is C21H21F3N4O2S. The number of fused-ring (bicyclic) bond motifs is 1. The van der Waals surface area contributed by atoms with E-state index in [1.165, 1.54) is 10.4 Å². The Balaban J connectivity index is 1.65. The Kier molecular flexibility index (Phi) is 5.61. The maximum Gasteiger partial charge on any atom is 0.451 e. The molecule has 1 fully saturated rings. The third kappa shape index (κ3) is 4.35. The van der Waals surface area contributed by atoms with Gasteiger partial charge in [0, 0.05) is 31.6 Å². The molecule has 2 aromatic carbocycles. The van der Waals surface area contributed by atoms with E-state index in [9.17, 15) is 21.6 Å². The Labute approximate surface area is 178 Å². The lowest BCUT2D eigenvalue weighted by Crippen LogP contribution is -2.35. The van der Waals surface area contributed by atoms with E-state index in [0.29, 0.717) is 18.4 Å². The molecule has 0 radical (unpaired) electrons. The van der Waals surface area contributed by atoms with Gasteiger partial charge in [-0.1, -0.05) is 29.8 Å². The molecule has 0 bridgehead atoms. The highest BCUT2D eigenvalue weighted by molar-refractivity contribution is 7.89. The summed E-state index contributed by atoms with van der Waals surface area (Å²) in [5.41, 5.74) is 1.16. The van der Waals surface area contributed by atoms with E-state index >= 15 is 0 Å². The monoisotopic (exact) mass is 450 g/mol. The Morgan fingerprint density at radius 1 is 0.903 bits per heavy atom. The van der Waals surface area contributed by atoms with Crippen molar-refractivity contribution in [2.75, 3.05) is 31.1 Å². The smallest absolute Gasteiger partial charge is 0.355 e. The van der Waals surface area contributed by atoms with Crippen molar-refractivity contribution in [1.29, 1.82) is 0 Å². The number of sulfonamides is 1.